The molecule has 2 aromatic rings. The third-order valence-corrected chi connectivity index (χ3v) is 2.87. The van der Waals surface area contributed by atoms with Crippen molar-refractivity contribution in [2.75, 3.05) is 19.6 Å². The summed E-state index contributed by atoms with van der Waals surface area (Å²) >= 11 is 0. The van der Waals surface area contributed by atoms with Crippen LogP contribution >= 0.6 is 0 Å². The van der Waals surface area contributed by atoms with E-state index in [1.807, 2.05) is 0 Å². The van der Waals surface area contributed by atoms with Crippen molar-refractivity contribution in [3.05, 3.63) is 0 Å². The van der Waals surface area contributed by atoms with Gasteiger partial charge in [-0.2, -0.15) is 0 Å². The molecule has 0 aliphatic rings. The van der Waals surface area contributed by atoms with E-state index >= 15 is 0 Å². The summed E-state index contributed by atoms with van der Waals surface area (Å²) in [6, 6.07) is 0. The highest BCUT2D eigenvalue weighted by Gasteiger charge is 2.15. The second-order valence-corrected chi connectivity index (χ2v) is 3.88. The Kier molecular flexibility index (Phi) is 3.92. The van der Waals surface area contributed by atoms with E-state index in [1.165, 1.54) is 0 Å². The molecule has 2 rings (SSSR count). The molecular weight excluding hydrogens is 234 g/mol. The lowest BCUT2D eigenvalue weighted by atomic mass is 10.4. The Hall–Kier alpha value is -1.90. The molecule has 0 unspecified atom stereocenters. The summed E-state index contributed by atoms with van der Waals surface area (Å²) in [4.78, 5) is 2.31. The van der Waals surface area contributed by atoms with E-state index in [4.69, 9.17) is 0 Å². The minimum absolute atomic E-state index is 0.569. The monoisotopic (exact) mass is 251 g/mol. The van der Waals surface area contributed by atoms with Crippen molar-refractivity contribution >= 4 is 0 Å². The van der Waals surface area contributed by atoms with Crippen molar-refractivity contribution in [3.63, 3.8) is 0 Å². The lowest BCUT2D eigenvalue weighted by Crippen LogP contribution is -2.27. The maximum atomic E-state index is 3.97. The van der Waals surface area contributed by atoms with Crippen molar-refractivity contribution in [2.45, 2.75) is 20.4 Å². The van der Waals surface area contributed by atoms with Gasteiger partial charge in [-0.15, -0.1) is 10.2 Å². The Balaban J connectivity index is 2.11. The van der Waals surface area contributed by atoms with E-state index in [-0.39, 0.29) is 0 Å². The molecule has 98 valence electrons. The number of nitrogens with zero attached hydrogens (tertiary/aromatic N) is 9. The molecule has 0 saturated heterocycles. The zero-order valence-corrected chi connectivity index (χ0v) is 10.9. The normalized spacial score (nSPS) is 11.3. The zero-order chi connectivity index (χ0) is 13.0. The SMILES string of the molecule is CCN(CC)CCn1nnnc1-c1nnnn1C. The van der Waals surface area contributed by atoms with Gasteiger partial charge in [-0.05, 0) is 33.9 Å². The third-order valence-electron chi connectivity index (χ3n) is 2.87. The first-order valence-corrected chi connectivity index (χ1v) is 5.97. The van der Waals surface area contributed by atoms with Crippen molar-refractivity contribution in [2.24, 2.45) is 7.05 Å². The molecular formula is C9H17N9. The molecule has 0 saturated carbocycles. The lowest BCUT2D eigenvalue weighted by molar-refractivity contribution is 0.284. The fraction of sp³-hybridized carbons (Fsp3) is 0.778. The van der Waals surface area contributed by atoms with E-state index in [2.05, 4.69) is 49.8 Å². The second kappa shape index (κ2) is 5.63. The smallest absolute Gasteiger partial charge is 0.221 e. The van der Waals surface area contributed by atoms with Crippen LogP contribution in [0.3, 0.4) is 0 Å². The first-order chi connectivity index (χ1) is 8.76. The van der Waals surface area contributed by atoms with Crippen LogP contribution in [0.15, 0.2) is 0 Å². The van der Waals surface area contributed by atoms with Gasteiger partial charge in [0.1, 0.15) is 0 Å². The van der Waals surface area contributed by atoms with Gasteiger partial charge in [0.25, 0.3) is 0 Å². The van der Waals surface area contributed by atoms with Crippen LogP contribution < -0.4 is 0 Å². The molecule has 0 N–H and O–H groups in total. The highest BCUT2D eigenvalue weighted by atomic mass is 15.6. The summed E-state index contributed by atoms with van der Waals surface area (Å²) in [5.74, 6) is 1.16. The summed E-state index contributed by atoms with van der Waals surface area (Å²) in [6.07, 6.45) is 0. The van der Waals surface area contributed by atoms with E-state index in [0.29, 0.717) is 11.6 Å². The predicted molar refractivity (Wildman–Crippen MR) is 63.4 cm³/mol. The first kappa shape index (κ1) is 12.6. The first-order valence-electron chi connectivity index (χ1n) is 5.97. The third kappa shape index (κ3) is 2.50. The second-order valence-electron chi connectivity index (χ2n) is 3.88. The molecule has 18 heavy (non-hydrogen) atoms. The van der Waals surface area contributed by atoms with Gasteiger partial charge >= 0.3 is 0 Å². The van der Waals surface area contributed by atoms with Crippen molar-refractivity contribution in [3.8, 4) is 11.6 Å². The van der Waals surface area contributed by atoms with Gasteiger partial charge in [0.05, 0.1) is 6.54 Å². The van der Waals surface area contributed by atoms with Gasteiger partial charge in [0, 0.05) is 13.6 Å². The van der Waals surface area contributed by atoms with Gasteiger partial charge in [-0.3, -0.25) is 0 Å². The highest BCUT2D eigenvalue weighted by molar-refractivity contribution is 5.40. The largest absolute Gasteiger partial charge is 0.302 e. The summed E-state index contributed by atoms with van der Waals surface area (Å²) in [5, 5.41) is 22.9. The van der Waals surface area contributed by atoms with Crippen molar-refractivity contribution in [1.29, 1.82) is 0 Å². The molecule has 9 nitrogen and oxygen atoms in total. The molecule has 2 heterocycles. The highest BCUT2D eigenvalue weighted by Crippen LogP contribution is 2.09. The van der Waals surface area contributed by atoms with Gasteiger partial charge in [0.15, 0.2) is 0 Å². The Labute approximate surface area is 105 Å². The fourth-order valence-corrected chi connectivity index (χ4v) is 1.71. The molecule has 2 aromatic heterocycles. The molecule has 0 spiro atoms. The molecule has 0 bridgehead atoms. The number of tetrazole rings is 2. The van der Waals surface area contributed by atoms with Gasteiger partial charge < -0.3 is 4.90 Å². The molecule has 0 fully saturated rings. The van der Waals surface area contributed by atoms with Crippen LogP contribution in [-0.2, 0) is 13.6 Å². The number of hydrogen-bond donors (Lipinski definition) is 0. The quantitative estimate of drug-likeness (QED) is 0.664. The molecule has 0 radical (unpaired) electrons. The van der Waals surface area contributed by atoms with Crippen LogP contribution in [0.1, 0.15) is 13.8 Å². The minimum atomic E-state index is 0.569. The van der Waals surface area contributed by atoms with E-state index < -0.39 is 0 Å². The predicted octanol–water partition coefficient (Wildman–Crippen LogP) is -0.795. The van der Waals surface area contributed by atoms with Crippen LogP contribution in [0.4, 0.5) is 0 Å². The number of aromatic nitrogens is 8. The summed E-state index contributed by atoms with van der Waals surface area (Å²) in [5.41, 5.74) is 0. The molecule has 0 aliphatic carbocycles. The van der Waals surface area contributed by atoms with Crippen molar-refractivity contribution in [1.82, 2.24) is 45.3 Å². The Bertz CT molecular complexity index is 484. The number of likely N-dealkylation sites (N-methyl/N-ethyl adjacent to an activating group) is 1. The fourth-order valence-electron chi connectivity index (χ4n) is 1.71. The van der Waals surface area contributed by atoms with E-state index in [0.717, 1.165) is 26.2 Å². The van der Waals surface area contributed by atoms with Gasteiger partial charge in [-0.25, -0.2) is 9.36 Å². The Morgan fingerprint density at radius 3 is 2.28 bits per heavy atom. The average Bonchev–Trinajstić information content (AvgIpc) is 2.99. The Morgan fingerprint density at radius 1 is 1.00 bits per heavy atom. The summed E-state index contributed by atoms with van der Waals surface area (Å²) < 4.78 is 3.28. The lowest BCUT2D eigenvalue weighted by Gasteiger charge is -2.17. The molecule has 0 aliphatic heterocycles. The molecule has 9 heteroatoms. The maximum absolute atomic E-state index is 3.97. The molecule has 0 aromatic carbocycles. The average molecular weight is 251 g/mol. The summed E-state index contributed by atoms with van der Waals surface area (Å²) in [6.45, 7) is 7.92. The minimum Gasteiger partial charge on any atom is -0.302 e. The topological polar surface area (TPSA) is 90.4 Å². The van der Waals surface area contributed by atoms with Crippen LogP contribution in [0.25, 0.3) is 11.6 Å². The van der Waals surface area contributed by atoms with Crippen LogP contribution in [-0.4, -0.2) is 64.9 Å². The summed E-state index contributed by atoms with van der Waals surface area (Å²) in [7, 11) is 1.76. The Morgan fingerprint density at radius 2 is 1.67 bits per heavy atom. The van der Waals surface area contributed by atoms with E-state index in [9.17, 15) is 0 Å². The van der Waals surface area contributed by atoms with E-state index in [1.54, 1.807) is 16.4 Å². The standard InChI is InChI=1S/C9H17N9/c1-4-17(5-2)6-7-18-9(11-13-15-18)8-10-12-14-16(8)3/h4-7H2,1-3H3. The number of hydrogen-bond acceptors (Lipinski definition) is 7. The number of aryl methyl sites for hydroxylation is 1. The number of rotatable bonds is 6. The van der Waals surface area contributed by atoms with Crippen LogP contribution in [0, 0.1) is 0 Å². The molecule has 0 atom stereocenters. The van der Waals surface area contributed by atoms with Crippen molar-refractivity contribution < 1.29 is 0 Å². The van der Waals surface area contributed by atoms with Crippen LogP contribution in [0.2, 0.25) is 0 Å². The van der Waals surface area contributed by atoms with Gasteiger partial charge in [0.2, 0.25) is 11.6 Å². The molecule has 0 amide bonds. The van der Waals surface area contributed by atoms with Crippen LogP contribution in [0.5, 0.6) is 0 Å². The zero-order valence-electron chi connectivity index (χ0n) is 10.9. The maximum Gasteiger partial charge on any atom is 0.221 e. The van der Waals surface area contributed by atoms with Gasteiger partial charge in [-0.1, -0.05) is 13.8 Å².